The minimum absolute atomic E-state index is 0.203. The van der Waals surface area contributed by atoms with E-state index in [9.17, 15) is 9.59 Å². The van der Waals surface area contributed by atoms with Gasteiger partial charge in [-0.05, 0) is 129 Å². The van der Waals surface area contributed by atoms with Gasteiger partial charge in [0.15, 0.2) is 0 Å². The van der Waals surface area contributed by atoms with E-state index in [0.717, 1.165) is 49.9 Å². The van der Waals surface area contributed by atoms with Crippen molar-refractivity contribution in [3.05, 3.63) is 24.3 Å². The van der Waals surface area contributed by atoms with E-state index in [1.54, 1.807) is 0 Å². The van der Waals surface area contributed by atoms with Crippen LogP contribution in [0.15, 0.2) is 24.3 Å². The summed E-state index contributed by atoms with van der Waals surface area (Å²) in [5.41, 5.74) is 2.41. The Balaban J connectivity index is 1.09. The number of nitrogens with one attached hydrogen (secondary N) is 2. The van der Waals surface area contributed by atoms with Gasteiger partial charge in [-0.15, -0.1) is 0 Å². The molecule has 36 heavy (non-hydrogen) atoms. The zero-order valence-corrected chi connectivity index (χ0v) is 22.8. The van der Waals surface area contributed by atoms with Crippen LogP contribution in [0.1, 0.15) is 105 Å². The van der Waals surface area contributed by atoms with E-state index in [2.05, 4.69) is 38.3 Å². The number of carbonyl (C=O) groups excluding carboxylic acids is 2. The molecular weight excluding hydrogens is 444 g/mol. The van der Waals surface area contributed by atoms with E-state index >= 15 is 0 Å². The maximum absolute atomic E-state index is 13.8. The summed E-state index contributed by atoms with van der Waals surface area (Å²) in [4.78, 5) is 27.6. The molecule has 4 unspecified atom stereocenters. The smallest absolute Gasteiger partial charge is 0.230 e. The lowest BCUT2D eigenvalue weighted by molar-refractivity contribution is -0.165. The highest BCUT2D eigenvalue weighted by atomic mass is 16.2. The van der Waals surface area contributed by atoms with Crippen molar-refractivity contribution in [3.8, 4) is 0 Å². The molecule has 8 aliphatic carbocycles. The maximum atomic E-state index is 13.8. The molecule has 0 aliphatic heterocycles. The van der Waals surface area contributed by atoms with E-state index in [-0.39, 0.29) is 22.6 Å². The molecule has 0 heterocycles. The topological polar surface area (TPSA) is 58.2 Å². The molecule has 1 aromatic carbocycles. The molecule has 2 amide bonds. The van der Waals surface area contributed by atoms with Gasteiger partial charge < -0.3 is 10.6 Å². The third-order valence-corrected chi connectivity index (χ3v) is 11.6. The van der Waals surface area contributed by atoms with Crippen molar-refractivity contribution in [2.45, 2.75) is 105 Å². The molecule has 8 fully saturated rings. The highest BCUT2D eigenvalue weighted by molar-refractivity contribution is 5.98. The number of hydrogen-bond donors (Lipinski definition) is 2. The average molecular weight is 489 g/mol. The van der Waals surface area contributed by atoms with Crippen LogP contribution >= 0.6 is 0 Å². The molecule has 194 valence electrons. The molecule has 0 saturated heterocycles. The third-order valence-electron chi connectivity index (χ3n) is 11.6. The van der Waals surface area contributed by atoms with E-state index < -0.39 is 0 Å². The number of amides is 2. The number of rotatable bonds is 4. The summed E-state index contributed by atoms with van der Waals surface area (Å²) in [6.07, 6.45) is 13.9. The van der Waals surface area contributed by atoms with Gasteiger partial charge in [-0.3, -0.25) is 9.59 Å². The van der Waals surface area contributed by atoms with Crippen molar-refractivity contribution in [3.63, 3.8) is 0 Å². The van der Waals surface area contributed by atoms with E-state index in [1.807, 2.05) is 24.3 Å². The van der Waals surface area contributed by atoms with Gasteiger partial charge in [0.1, 0.15) is 0 Å². The standard InChI is InChI=1S/C32H44N2O2/c1-27-9-21-10-28(2,15-27)18-31(13-21,17-27)25(35)33-23-6-5-7-24(8-23)34-26(36)32-14-22-11-29(3,19-32)16-30(4,12-22)20-32/h5-8,21-22H,9-20H2,1-4H3,(H,33,35)(H,34,36). The quantitative estimate of drug-likeness (QED) is 0.459. The second kappa shape index (κ2) is 6.97. The molecule has 8 aliphatic rings. The number of carbonyl (C=O) groups is 2. The fourth-order valence-electron chi connectivity index (χ4n) is 12.6. The minimum atomic E-state index is -0.230. The van der Waals surface area contributed by atoms with Gasteiger partial charge in [-0.1, -0.05) is 33.8 Å². The Morgan fingerprint density at radius 1 is 0.611 bits per heavy atom. The molecule has 9 rings (SSSR count). The van der Waals surface area contributed by atoms with Crippen LogP contribution in [0.25, 0.3) is 0 Å². The van der Waals surface area contributed by atoms with Crippen molar-refractivity contribution in [2.75, 3.05) is 10.6 Å². The molecule has 1 aromatic rings. The lowest BCUT2D eigenvalue weighted by Crippen LogP contribution is -2.58. The van der Waals surface area contributed by atoms with Crippen molar-refractivity contribution < 1.29 is 9.59 Å². The first kappa shape index (κ1) is 23.3. The second-order valence-electron chi connectivity index (χ2n) is 16.3. The molecule has 0 aromatic heterocycles. The van der Waals surface area contributed by atoms with Crippen LogP contribution < -0.4 is 10.6 Å². The predicted molar refractivity (Wildman–Crippen MR) is 143 cm³/mol. The van der Waals surface area contributed by atoms with Crippen LogP contribution in [0.5, 0.6) is 0 Å². The van der Waals surface area contributed by atoms with Crippen LogP contribution in [0.4, 0.5) is 11.4 Å². The van der Waals surface area contributed by atoms with Gasteiger partial charge in [0.25, 0.3) is 0 Å². The largest absolute Gasteiger partial charge is 0.326 e. The molecule has 8 saturated carbocycles. The van der Waals surface area contributed by atoms with E-state index in [1.165, 1.54) is 38.5 Å². The molecule has 4 nitrogen and oxygen atoms in total. The first-order valence-corrected chi connectivity index (χ1v) is 14.5. The van der Waals surface area contributed by atoms with Crippen molar-refractivity contribution >= 4 is 23.2 Å². The summed E-state index contributed by atoms with van der Waals surface area (Å²) in [5.74, 6) is 1.79. The molecule has 4 heteroatoms. The highest BCUT2D eigenvalue weighted by Crippen LogP contribution is 2.71. The summed E-state index contributed by atoms with van der Waals surface area (Å²) in [6, 6.07) is 7.90. The summed E-state index contributed by atoms with van der Waals surface area (Å²) >= 11 is 0. The Bertz CT molecular complexity index is 1030. The van der Waals surface area contributed by atoms with Crippen LogP contribution in [0.3, 0.4) is 0 Å². The van der Waals surface area contributed by atoms with Crippen molar-refractivity contribution in [2.24, 2.45) is 44.3 Å². The van der Waals surface area contributed by atoms with Crippen molar-refractivity contribution in [1.29, 1.82) is 0 Å². The van der Waals surface area contributed by atoms with Gasteiger partial charge in [0.05, 0.1) is 10.8 Å². The van der Waals surface area contributed by atoms with Gasteiger partial charge in [-0.2, -0.15) is 0 Å². The Labute approximate surface area is 216 Å². The first-order chi connectivity index (χ1) is 16.8. The van der Waals surface area contributed by atoms with Crippen molar-refractivity contribution in [1.82, 2.24) is 0 Å². The Morgan fingerprint density at radius 2 is 0.972 bits per heavy atom. The fraction of sp³-hybridized carbons (Fsp3) is 0.750. The SMILES string of the molecule is CC12CC3CC(C)(C1)CC(C(=O)Nc1cccc(NC(=O)C45CC6CC(C)(CC(C)(C6)C4)C5)c1)(C3)C2. The Hall–Kier alpha value is -1.84. The van der Waals surface area contributed by atoms with Crippen LogP contribution in [-0.2, 0) is 9.59 Å². The third kappa shape index (κ3) is 3.52. The van der Waals surface area contributed by atoms with Gasteiger partial charge >= 0.3 is 0 Å². The molecule has 0 radical (unpaired) electrons. The molecule has 0 spiro atoms. The Kier molecular flexibility index (Phi) is 4.51. The zero-order chi connectivity index (χ0) is 25.2. The summed E-state index contributed by atoms with van der Waals surface area (Å²) in [6.45, 7) is 9.66. The van der Waals surface area contributed by atoms with Crippen LogP contribution in [0, 0.1) is 44.3 Å². The lowest BCUT2D eigenvalue weighted by Gasteiger charge is -2.64. The summed E-state index contributed by atoms with van der Waals surface area (Å²) in [5, 5.41) is 6.61. The molecule has 4 atom stereocenters. The van der Waals surface area contributed by atoms with Crippen LogP contribution in [-0.4, -0.2) is 11.8 Å². The predicted octanol–water partition coefficient (Wildman–Crippen LogP) is 7.56. The zero-order valence-electron chi connectivity index (χ0n) is 22.8. The normalized spacial score (nSPS) is 49.8. The lowest BCUT2D eigenvalue weighted by atomic mass is 9.40. The average Bonchev–Trinajstić information content (AvgIpc) is 2.68. The number of hydrogen-bond acceptors (Lipinski definition) is 2. The first-order valence-electron chi connectivity index (χ1n) is 14.5. The summed E-state index contributed by atoms with van der Waals surface area (Å²) in [7, 11) is 0. The van der Waals surface area contributed by atoms with Crippen LogP contribution in [0.2, 0.25) is 0 Å². The Morgan fingerprint density at radius 3 is 1.31 bits per heavy atom. The summed E-state index contributed by atoms with van der Waals surface area (Å²) < 4.78 is 0. The monoisotopic (exact) mass is 488 g/mol. The van der Waals surface area contributed by atoms with Gasteiger partial charge in [0, 0.05) is 11.4 Å². The highest BCUT2D eigenvalue weighted by Gasteiger charge is 2.64. The second-order valence-corrected chi connectivity index (χ2v) is 16.3. The molecule has 2 N–H and O–H groups in total. The maximum Gasteiger partial charge on any atom is 0.230 e. The molecule has 8 bridgehead atoms. The fourth-order valence-corrected chi connectivity index (χ4v) is 12.6. The van der Waals surface area contributed by atoms with E-state index in [4.69, 9.17) is 0 Å². The number of anilines is 2. The minimum Gasteiger partial charge on any atom is -0.326 e. The van der Waals surface area contributed by atoms with Gasteiger partial charge in [0.2, 0.25) is 11.8 Å². The molecular formula is C32H44N2O2. The van der Waals surface area contributed by atoms with E-state index in [0.29, 0.717) is 33.5 Å². The van der Waals surface area contributed by atoms with Gasteiger partial charge in [-0.25, -0.2) is 0 Å². The number of benzene rings is 1.